The van der Waals surface area contributed by atoms with Crippen molar-refractivity contribution in [2.45, 2.75) is 18.0 Å². The summed E-state index contributed by atoms with van der Waals surface area (Å²) in [7, 11) is -3.30. The van der Waals surface area contributed by atoms with Crippen LogP contribution in [0.4, 0.5) is 18.9 Å². The molecule has 2 aromatic carbocycles. The van der Waals surface area contributed by atoms with E-state index in [-0.39, 0.29) is 10.6 Å². The van der Waals surface area contributed by atoms with Crippen LogP contribution in [0, 0.1) is 0 Å². The van der Waals surface area contributed by atoms with Gasteiger partial charge < -0.3 is 0 Å². The van der Waals surface area contributed by atoms with Gasteiger partial charge in [-0.15, -0.1) is 0 Å². The highest BCUT2D eigenvalue weighted by atomic mass is 32.2. The number of benzene rings is 2. The molecule has 1 N–H and O–H groups in total. The van der Waals surface area contributed by atoms with Gasteiger partial charge in [0.25, 0.3) is 0 Å². The molecule has 24 heavy (non-hydrogen) atoms. The second kappa shape index (κ2) is 6.64. The number of hydrazone groups is 1. The molecule has 0 aliphatic rings. The lowest BCUT2D eigenvalue weighted by molar-refractivity contribution is -0.136. The van der Waals surface area contributed by atoms with Gasteiger partial charge in [-0.3, -0.25) is 5.43 Å². The quantitative estimate of drug-likeness (QED) is 0.667. The Labute approximate surface area is 137 Å². The standard InChI is InChI=1S/C16H15F3N2O2S/c1-11(12-7-9-13(10-8-12)24(2,22)23)20-21-15-6-4-3-5-14(15)16(17,18)19/h3-10,21H,1-2H3/b20-11-. The number of hydrogen-bond donors (Lipinski definition) is 1. The Morgan fingerprint density at radius 2 is 1.62 bits per heavy atom. The van der Waals surface area contributed by atoms with Crippen LogP contribution >= 0.6 is 0 Å². The first kappa shape index (κ1) is 18.0. The highest BCUT2D eigenvalue weighted by Gasteiger charge is 2.33. The molecule has 0 bridgehead atoms. The van der Waals surface area contributed by atoms with E-state index >= 15 is 0 Å². The first-order valence-electron chi connectivity index (χ1n) is 6.86. The van der Waals surface area contributed by atoms with Crippen molar-refractivity contribution in [3.8, 4) is 0 Å². The lowest BCUT2D eigenvalue weighted by Gasteiger charge is -2.12. The molecule has 0 heterocycles. The van der Waals surface area contributed by atoms with E-state index in [1.807, 2.05) is 0 Å². The fourth-order valence-corrected chi connectivity index (χ4v) is 2.61. The number of hydrogen-bond acceptors (Lipinski definition) is 4. The van der Waals surface area contributed by atoms with Crippen LogP contribution in [0.3, 0.4) is 0 Å². The number of anilines is 1. The van der Waals surface area contributed by atoms with E-state index in [0.717, 1.165) is 12.3 Å². The SMILES string of the molecule is C/C(=N/Nc1ccccc1C(F)(F)F)c1ccc(S(C)(=O)=O)cc1. The Kier molecular flexibility index (Phi) is 4.98. The molecular formula is C16H15F3N2O2S. The molecule has 2 aromatic rings. The van der Waals surface area contributed by atoms with Crippen molar-refractivity contribution >= 4 is 21.2 Å². The second-order valence-corrected chi connectivity index (χ2v) is 7.16. The number of sulfone groups is 1. The molecule has 0 aliphatic heterocycles. The van der Waals surface area contributed by atoms with Gasteiger partial charge in [0.2, 0.25) is 0 Å². The Bertz CT molecular complexity index is 858. The van der Waals surface area contributed by atoms with Crippen LogP contribution in [0.25, 0.3) is 0 Å². The number of nitrogens with zero attached hydrogens (tertiary/aromatic N) is 1. The third-order valence-electron chi connectivity index (χ3n) is 3.28. The lowest BCUT2D eigenvalue weighted by atomic mass is 10.1. The number of nitrogens with one attached hydrogen (secondary N) is 1. The number of rotatable bonds is 4. The summed E-state index contributed by atoms with van der Waals surface area (Å²) in [5, 5.41) is 3.95. The van der Waals surface area contributed by atoms with Crippen LogP contribution in [0.2, 0.25) is 0 Å². The third-order valence-corrected chi connectivity index (χ3v) is 4.41. The molecule has 4 nitrogen and oxygen atoms in total. The molecule has 0 aromatic heterocycles. The summed E-state index contributed by atoms with van der Waals surface area (Å²) in [6.45, 7) is 1.61. The van der Waals surface area contributed by atoms with Gasteiger partial charge in [-0.05, 0) is 36.8 Å². The summed E-state index contributed by atoms with van der Waals surface area (Å²) >= 11 is 0. The van der Waals surface area contributed by atoms with Crippen molar-refractivity contribution in [3.63, 3.8) is 0 Å². The fourth-order valence-electron chi connectivity index (χ4n) is 1.98. The normalized spacial score (nSPS) is 13.0. The monoisotopic (exact) mass is 356 g/mol. The van der Waals surface area contributed by atoms with Crippen molar-refractivity contribution in [1.29, 1.82) is 0 Å². The molecule has 128 valence electrons. The molecule has 0 radical (unpaired) electrons. The third kappa shape index (κ3) is 4.35. The highest BCUT2D eigenvalue weighted by Crippen LogP contribution is 2.34. The molecule has 8 heteroatoms. The molecule has 0 amide bonds. The van der Waals surface area contributed by atoms with Crippen molar-refractivity contribution in [3.05, 3.63) is 59.7 Å². The van der Waals surface area contributed by atoms with Gasteiger partial charge in [-0.2, -0.15) is 18.3 Å². The van der Waals surface area contributed by atoms with E-state index < -0.39 is 21.6 Å². The maximum atomic E-state index is 12.9. The minimum absolute atomic E-state index is 0.155. The van der Waals surface area contributed by atoms with Gasteiger partial charge in [0.1, 0.15) is 0 Å². The molecule has 0 saturated heterocycles. The van der Waals surface area contributed by atoms with Crippen LogP contribution in [-0.2, 0) is 16.0 Å². The second-order valence-electron chi connectivity index (χ2n) is 5.15. The first-order valence-corrected chi connectivity index (χ1v) is 8.75. The van der Waals surface area contributed by atoms with E-state index in [4.69, 9.17) is 0 Å². The van der Waals surface area contributed by atoms with Gasteiger partial charge >= 0.3 is 6.18 Å². The van der Waals surface area contributed by atoms with Gasteiger partial charge in [0.15, 0.2) is 9.84 Å². The number of para-hydroxylation sites is 1. The topological polar surface area (TPSA) is 58.5 Å². The molecule has 0 atom stereocenters. The zero-order valence-corrected chi connectivity index (χ0v) is 13.7. The molecule has 0 fully saturated rings. The lowest BCUT2D eigenvalue weighted by Crippen LogP contribution is -2.09. The molecule has 0 spiro atoms. The Balaban J connectivity index is 2.24. The van der Waals surface area contributed by atoms with E-state index in [0.29, 0.717) is 11.3 Å². The average Bonchev–Trinajstić information content (AvgIpc) is 2.51. The maximum Gasteiger partial charge on any atom is 0.418 e. The summed E-state index contributed by atoms with van der Waals surface area (Å²) in [5.41, 5.74) is 2.47. The van der Waals surface area contributed by atoms with Crippen molar-refractivity contribution in [2.24, 2.45) is 5.10 Å². The van der Waals surface area contributed by atoms with Crippen molar-refractivity contribution < 1.29 is 21.6 Å². The van der Waals surface area contributed by atoms with Crippen LogP contribution in [0.5, 0.6) is 0 Å². The van der Waals surface area contributed by atoms with Crippen LogP contribution in [-0.4, -0.2) is 20.4 Å². The summed E-state index contributed by atoms with van der Waals surface area (Å²) in [5.74, 6) is 0. The molecule has 0 aliphatic carbocycles. The predicted octanol–water partition coefficient (Wildman–Crippen LogP) is 3.95. The molecular weight excluding hydrogens is 341 g/mol. The maximum absolute atomic E-state index is 12.9. The van der Waals surface area contributed by atoms with Crippen LogP contribution < -0.4 is 5.43 Å². The van der Waals surface area contributed by atoms with Gasteiger partial charge in [0, 0.05) is 6.26 Å². The van der Waals surface area contributed by atoms with Gasteiger partial charge in [-0.1, -0.05) is 24.3 Å². The summed E-state index contributed by atoms with van der Waals surface area (Å²) in [6.07, 6.45) is -3.39. The van der Waals surface area contributed by atoms with E-state index in [1.165, 1.54) is 30.3 Å². The summed E-state index contributed by atoms with van der Waals surface area (Å²) < 4.78 is 61.5. The van der Waals surface area contributed by atoms with E-state index in [2.05, 4.69) is 10.5 Å². The summed E-state index contributed by atoms with van der Waals surface area (Å²) in [6, 6.07) is 11.0. The number of alkyl halides is 3. The van der Waals surface area contributed by atoms with Crippen LogP contribution in [0.15, 0.2) is 58.5 Å². The fraction of sp³-hybridized carbons (Fsp3) is 0.188. The van der Waals surface area contributed by atoms with E-state index in [9.17, 15) is 21.6 Å². The van der Waals surface area contributed by atoms with Crippen molar-refractivity contribution in [1.82, 2.24) is 0 Å². The summed E-state index contributed by atoms with van der Waals surface area (Å²) in [4.78, 5) is 0.162. The molecule has 2 rings (SSSR count). The Morgan fingerprint density at radius 1 is 1.04 bits per heavy atom. The minimum Gasteiger partial charge on any atom is -0.278 e. The minimum atomic E-state index is -4.48. The predicted molar refractivity (Wildman–Crippen MR) is 86.8 cm³/mol. The number of halogens is 3. The largest absolute Gasteiger partial charge is 0.418 e. The zero-order chi connectivity index (χ0) is 18.0. The van der Waals surface area contributed by atoms with Crippen molar-refractivity contribution in [2.75, 3.05) is 11.7 Å². The average molecular weight is 356 g/mol. The zero-order valence-electron chi connectivity index (χ0n) is 12.9. The highest BCUT2D eigenvalue weighted by molar-refractivity contribution is 7.90. The van der Waals surface area contributed by atoms with Gasteiger partial charge in [0.05, 0.1) is 21.9 Å². The molecule has 0 unspecified atom stereocenters. The first-order chi connectivity index (χ1) is 11.1. The van der Waals surface area contributed by atoms with Gasteiger partial charge in [-0.25, -0.2) is 8.42 Å². The smallest absolute Gasteiger partial charge is 0.278 e. The Morgan fingerprint density at radius 3 is 2.17 bits per heavy atom. The van der Waals surface area contributed by atoms with Crippen LogP contribution in [0.1, 0.15) is 18.1 Å². The van der Waals surface area contributed by atoms with E-state index in [1.54, 1.807) is 19.1 Å². The molecule has 0 saturated carbocycles. The Hall–Kier alpha value is -2.35.